The molecule has 3 aromatic rings. The zero-order valence-corrected chi connectivity index (χ0v) is 21.4. The molecule has 0 atom stereocenters. The van der Waals surface area contributed by atoms with E-state index >= 15 is 0 Å². The van der Waals surface area contributed by atoms with Gasteiger partial charge >= 0.3 is 6.03 Å². The lowest BCUT2D eigenvalue weighted by Crippen LogP contribution is -2.54. The van der Waals surface area contributed by atoms with E-state index in [4.69, 9.17) is 37.4 Å². The number of amides is 4. The van der Waals surface area contributed by atoms with Crippen molar-refractivity contribution in [3.63, 3.8) is 0 Å². The summed E-state index contributed by atoms with van der Waals surface area (Å²) in [4.78, 5) is 39.1. The first-order chi connectivity index (χ1) is 17.8. The number of hydrogen-bond acceptors (Lipinski definition) is 6. The standard InChI is InChI=1S/C27H22Cl2N2O6/c1-3-36-23-14-17(13-22(29)24(23)37-15-16-5-4-6-18(28)11-16)12-21-25(32)30-27(34)31(26(21)33)19-7-9-20(35-2)10-8-19/h4-14H,3,15H2,1-2H3,(H,30,32,34)/b21-12+. The molecule has 1 N–H and O–H groups in total. The van der Waals surface area contributed by atoms with Crippen LogP contribution in [0.4, 0.5) is 10.5 Å². The molecule has 1 fully saturated rings. The van der Waals surface area contributed by atoms with Crippen LogP contribution in [0.2, 0.25) is 10.0 Å². The van der Waals surface area contributed by atoms with Crippen molar-refractivity contribution in [2.45, 2.75) is 13.5 Å². The van der Waals surface area contributed by atoms with Gasteiger partial charge in [-0.2, -0.15) is 0 Å². The number of anilines is 1. The largest absolute Gasteiger partial charge is 0.497 e. The van der Waals surface area contributed by atoms with E-state index in [-0.39, 0.29) is 22.9 Å². The van der Waals surface area contributed by atoms with Crippen molar-refractivity contribution in [3.05, 3.63) is 87.4 Å². The zero-order chi connectivity index (χ0) is 26.5. The minimum atomic E-state index is -0.852. The Labute approximate surface area is 223 Å². The van der Waals surface area contributed by atoms with Gasteiger partial charge in [0.25, 0.3) is 11.8 Å². The number of ether oxygens (including phenoxy) is 3. The number of halogens is 2. The molecular weight excluding hydrogens is 519 g/mol. The molecule has 3 aromatic carbocycles. The van der Waals surface area contributed by atoms with Crippen molar-refractivity contribution >= 4 is 52.8 Å². The highest BCUT2D eigenvalue weighted by molar-refractivity contribution is 6.39. The van der Waals surface area contributed by atoms with Crippen LogP contribution in [0.25, 0.3) is 6.08 Å². The Kier molecular flexibility index (Phi) is 8.01. The van der Waals surface area contributed by atoms with Gasteiger partial charge in [0, 0.05) is 5.02 Å². The minimum absolute atomic E-state index is 0.195. The van der Waals surface area contributed by atoms with Crippen LogP contribution in [0.1, 0.15) is 18.1 Å². The van der Waals surface area contributed by atoms with Gasteiger partial charge in [0.2, 0.25) is 0 Å². The van der Waals surface area contributed by atoms with Crippen LogP contribution in [0.5, 0.6) is 17.2 Å². The third-order valence-corrected chi connectivity index (χ3v) is 5.86. The Morgan fingerprint density at radius 2 is 1.73 bits per heavy atom. The fourth-order valence-electron chi connectivity index (χ4n) is 3.65. The van der Waals surface area contributed by atoms with Crippen LogP contribution >= 0.6 is 23.2 Å². The van der Waals surface area contributed by atoms with E-state index in [1.807, 2.05) is 12.1 Å². The van der Waals surface area contributed by atoms with Gasteiger partial charge in [-0.15, -0.1) is 0 Å². The second-order valence-corrected chi connectivity index (χ2v) is 8.68. The number of nitrogens with zero attached hydrogens (tertiary/aromatic N) is 1. The maximum Gasteiger partial charge on any atom is 0.335 e. The van der Waals surface area contributed by atoms with Crippen LogP contribution < -0.4 is 24.4 Å². The molecule has 0 aliphatic carbocycles. The molecule has 37 heavy (non-hydrogen) atoms. The average Bonchev–Trinajstić information content (AvgIpc) is 2.86. The van der Waals surface area contributed by atoms with Crippen LogP contribution in [0.3, 0.4) is 0 Å². The Morgan fingerprint density at radius 3 is 2.41 bits per heavy atom. The Bertz CT molecular complexity index is 1390. The molecular formula is C27H22Cl2N2O6. The maximum atomic E-state index is 13.2. The number of benzene rings is 3. The highest BCUT2D eigenvalue weighted by Crippen LogP contribution is 2.38. The first-order valence-corrected chi connectivity index (χ1v) is 12.0. The van der Waals surface area contributed by atoms with Crippen molar-refractivity contribution in [2.24, 2.45) is 0 Å². The predicted molar refractivity (Wildman–Crippen MR) is 140 cm³/mol. The summed E-state index contributed by atoms with van der Waals surface area (Å²) in [5.74, 6) is -0.420. The molecule has 8 nitrogen and oxygen atoms in total. The summed E-state index contributed by atoms with van der Waals surface area (Å²) in [5.41, 5.74) is 1.28. The second kappa shape index (κ2) is 11.4. The summed E-state index contributed by atoms with van der Waals surface area (Å²) in [6, 6.07) is 15.8. The molecule has 4 amide bonds. The zero-order valence-electron chi connectivity index (χ0n) is 19.9. The minimum Gasteiger partial charge on any atom is -0.497 e. The third-order valence-electron chi connectivity index (χ3n) is 5.35. The van der Waals surface area contributed by atoms with Crippen molar-refractivity contribution < 1.29 is 28.6 Å². The van der Waals surface area contributed by atoms with Crippen molar-refractivity contribution in [2.75, 3.05) is 18.6 Å². The molecule has 0 aromatic heterocycles. The predicted octanol–water partition coefficient (Wildman–Crippen LogP) is 5.65. The number of hydrogen-bond donors (Lipinski definition) is 1. The number of rotatable bonds is 8. The van der Waals surface area contributed by atoms with Crippen LogP contribution in [-0.2, 0) is 16.2 Å². The lowest BCUT2D eigenvalue weighted by molar-refractivity contribution is -0.122. The van der Waals surface area contributed by atoms with E-state index in [0.717, 1.165) is 10.5 Å². The van der Waals surface area contributed by atoms with E-state index in [1.54, 1.807) is 55.5 Å². The molecule has 0 saturated carbocycles. The Balaban J connectivity index is 1.65. The Hall–Kier alpha value is -4.01. The van der Waals surface area contributed by atoms with Gasteiger partial charge in [-0.25, -0.2) is 9.69 Å². The number of carbonyl (C=O) groups excluding carboxylic acids is 3. The normalized spacial score (nSPS) is 14.5. The number of urea groups is 1. The van der Waals surface area contributed by atoms with Crippen molar-refractivity contribution in [1.82, 2.24) is 5.32 Å². The van der Waals surface area contributed by atoms with Crippen LogP contribution in [0, 0.1) is 0 Å². The molecule has 0 radical (unpaired) electrons. The molecule has 4 rings (SSSR count). The smallest absolute Gasteiger partial charge is 0.335 e. The van der Waals surface area contributed by atoms with E-state index in [0.29, 0.717) is 34.4 Å². The number of imide groups is 2. The molecule has 10 heteroatoms. The van der Waals surface area contributed by atoms with Crippen molar-refractivity contribution in [3.8, 4) is 17.2 Å². The van der Waals surface area contributed by atoms with Gasteiger partial charge in [-0.3, -0.25) is 14.9 Å². The van der Waals surface area contributed by atoms with E-state index in [9.17, 15) is 14.4 Å². The molecule has 0 bridgehead atoms. The fraction of sp³-hybridized carbons (Fsp3) is 0.148. The van der Waals surface area contributed by atoms with Gasteiger partial charge in [0.15, 0.2) is 11.5 Å². The SMILES string of the molecule is CCOc1cc(/C=C2\C(=O)NC(=O)N(c3ccc(OC)cc3)C2=O)cc(Cl)c1OCc1cccc(Cl)c1. The van der Waals surface area contributed by atoms with Gasteiger partial charge < -0.3 is 14.2 Å². The quantitative estimate of drug-likeness (QED) is 0.293. The molecule has 0 spiro atoms. The lowest BCUT2D eigenvalue weighted by atomic mass is 10.1. The molecule has 0 unspecified atom stereocenters. The summed E-state index contributed by atoms with van der Waals surface area (Å²) in [5, 5.41) is 2.99. The molecule has 1 aliphatic rings. The summed E-state index contributed by atoms with van der Waals surface area (Å²) in [6.07, 6.45) is 1.34. The van der Waals surface area contributed by atoms with Crippen molar-refractivity contribution in [1.29, 1.82) is 0 Å². The highest BCUT2D eigenvalue weighted by atomic mass is 35.5. The summed E-state index contributed by atoms with van der Waals surface area (Å²) < 4.78 is 16.7. The number of carbonyl (C=O) groups is 3. The molecule has 190 valence electrons. The topological polar surface area (TPSA) is 94.2 Å². The van der Waals surface area contributed by atoms with Gasteiger partial charge in [0.05, 0.1) is 24.4 Å². The number of methoxy groups -OCH3 is 1. The molecule has 1 saturated heterocycles. The van der Waals surface area contributed by atoms with E-state index in [1.165, 1.54) is 13.2 Å². The monoisotopic (exact) mass is 540 g/mol. The van der Waals surface area contributed by atoms with Crippen LogP contribution in [0.15, 0.2) is 66.2 Å². The highest BCUT2D eigenvalue weighted by Gasteiger charge is 2.37. The van der Waals surface area contributed by atoms with E-state index < -0.39 is 17.8 Å². The van der Waals surface area contributed by atoms with Crippen LogP contribution in [-0.4, -0.2) is 31.6 Å². The first kappa shape index (κ1) is 26.1. The van der Waals surface area contributed by atoms with E-state index in [2.05, 4.69) is 5.32 Å². The second-order valence-electron chi connectivity index (χ2n) is 7.84. The third kappa shape index (κ3) is 5.87. The fourth-order valence-corrected chi connectivity index (χ4v) is 4.13. The van der Waals surface area contributed by atoms with Gasteiger partial charge in [0.1, 0.15) is 17.9 Å². The first-order valence-electron chi connectivity index (χ1n) is 11.2. The number of barbiturate groups is 1. The van der Waals surface area contributed by atoms with Gasteiger partial charge in [-0.05, 0) is 72.7 Å². The Morgan fingerprint density at radius 1 is 0.973 bits per heavy atom. The maximum absolute atomic E-state index is 13.2. The van der Waals surface area contributed by atoms with Gasteiger partial charge in [-0.1, -0.05) is 35.3 Å². The summed E-state index contributed by atoms with van der Waals surface area (Å²) >= 11 is 12.6. The average molecular weight is 541 g/mol. The lowest BCUT2D eigenvalue weighted by Gasteiger charge is -2.26. The summed E-state index contributed by atoms with van der Waals surface area (Å²) in [7, 11) is 1.50. The number of nitrogens with one attached hydrogen (secondary N) is 1. The summed E-state index contributed by atoms with van der Waals surface area (Å²) in [6.45, 7) is 2.32. The molecule has 1 heterocycles. The molecule has 1 aliphatic heterocycles.